The van der Waals surface area contributed by atoms with E-state index in [1.54, 1.807) is 48.5 Å². The molecule has 3 aromatic rings. The van der Waals surface area contributed by atoms with Crippen molar-refractivity contribution in [1.29, 1.82) is 0 Å². The first-order valence-corrected chi connectivity index (χ1v) is 44.1. The standard InChI is InChI=1S/C82H117N15O21S4/c1-81(2)55-23-15-16-26-65(55)97(67(81)28-13-8-12-27-66-82(3,4)56-44-54(122(112,113)114-6)30-31-64(56)96(66)5)36-19-9-14-29-69(99)85-33-18-17-24-58-76(107)93-61(49-119)79(110)91-57(25-20-32-83)74(105)88-46-70(100)90-60(45-73(103)104)78(109)94-62(50-120)80(111)92-59(43-53-21-10-7-11-22-53)77(108)95-63(51-121-52-72(102)89-58)75(106)87-35-38-116-40-42-117-41-39-115-37-34-86-71(101)48-118-47-68(84)98/h7-8,10-13,15-16,21-23,26-28,30-31,44,57-63H,9,14,17-20,24-25,29,32-43,45-52,83H2,1-6H3,(H15-,84,85,86,87,88,89,90,91,92,93,94,95,98,99,100,101,102,103,104,105,106,107,108,109,110,111,119,120)/p+1/t57-,58-,59-,60-,61-,62?,63-/m0/s1. The Morgan fingerprint density at radius 2 is 1.20 bits per heavy atom. The number of nitrogens with one attached hydrogen (secondary N) is 11. The van der Waals surface area contributed by atoms with Crippen LogP contribution in [0.4, 0.5) is 11.4 Å². The van der Waals surface area contributed by atoms with Crippen molar-refractivity contribution in [2.45, 2.75) is 156 Å². The van der Waals surface area contributed by atoms with Gasteiger partial charge in [-0.25, -0.2) is 0 Å². The lowest BCUT2D eigenvalue weighted by Gasteiger charge is -2.27. The van der Waals surface area contributed by atoms with E-state index in [2.05, 4.69) is 139 Å². The van der Waals surface area contributed by atoms with Gasteiger partial charge in [0.25, 0.3) is 10.1 Å². The van der Waals surface area contributed by atoms with Crippen LogP contribution in [-0.4, -0.2) is 272 Å². The Morgan fingerprint density at radius 1 is 0.615 bits per heavy atom. The third kappa shape index (κ3) is 32.8. The number of carboxylic acids is 1. The van der Waals surface area contributed by atoms with Crippen molar-refractivity contribution < 1.29 is 104 Å². The first-order valence-electron chi connectivity index (χ1n) is 40.3. The molecule has 3 heterocycles. The number of unbranched alkanes of at least 4 members (excludes halogenated alkanes) is 3. The zero-order chi connectivity index (χ0) is 89.4. The van der Waals surface area contributed by atoms with Crippen molar-refractivity contribution in [2.75, 3.05) is 134 Å². The van der Waals surface area contributed by atoms with Gasteiger partial charge in [0.15, 0.2) is 5.71 Å². The molecule has 1 saturated heterocycles. The van der Waals surface area contributed by atoms with Crippen molar-refractivity contribution in [1.82, 2.24) is 58.5 Å². The number of fused-ring (bicyclic) bond motifs is 2. The minimum absolute atomic E-state index is 0.0242. The number of primary amides is 1. The number of aliphatic carboxylic acids is 1. The maximum Gasteiger partial charge on any atom is 0.305 e. The lowest BCUT2D eigenvalue weighted by Crippen LogP contribution is -2.60. The van der Waals surface area contributed by atoms with Gasteiger partial charge in [-0.2, -0.15) is 38.3 Å². The highest BCUT2D eigenvalue weighted by atomic mass is 32.2. The average Bonchev–Trinajstić information content (AvgIpc) is 1.60. The van der Waals surface area contributed by atoms with Crippen LogP contribution in [0.3, 0.4) is 0 Å². The fraction of sp³-hybridized carbons (Fsp3) is 0.537. The topological polar surface area (TPSA) is 513 Å². The summed E-state index contributed by atoms with van der Waals surface area (Å²) in [7, 11) is -0.794. The van der Waals surface area contributed by atoms with E-state index >= 15 is 0 Å². The number of anilines is 1. The molecule has 3 aromatic carbocycles. The van der Waals surface area contributed by atoms with Crippen LogP contribution in [-0.2, 0) is 113 Å². The predicted molar refractivity (Wildman–Crippen MR) is 464 cm³/mol. The van der Waals surface area contributed by atoms with Gasteiger partial charge in [-0.15, -0.1) is 11.8 Å². The lowest BCUT2D eigenvalue weighted by atomic mass is 9.81. The Balaban J connectivity index is 1.12. The van der Waals surface area contributed by atoms with E-state index < -0.39 is 160 Å². The summed E-state index contributed by atoms with van der Waals surface area (Å²) in [5, 5.41) is 38.2. The van der Waals surface area contributed by atoms with E-state index in [0.717, 1.165) is 60.1 Å². The minimum Gasteiger partial charge on any atom is -0.481 e. The number of carbonyl (C=O) groups is 13. The molecule has 12 amide bonds. The molecule has 0 aromatic heterocycles. The molecular weight excluding hydrogens is 1660 g/mol. The highest BCUT2D eigenvalue weighted by Crippen LogP contribution is 2.48. The molecule has 0 saturated carbocycles. The van der Waals surface area contributed by atoms with Crippen LogP contribution in [0.15, 0.2) is 114 Å². The molecule has 1 unspecified atom stereocenters. The van der Waals surface area contributed by atoms with Gasteiger partial charge in [0.2, 0.25) is 76.6 Å². The number of thioether (sulfide) groups is 1. The number of para-hydroxylation sites is 1. The SMILES string of the molecule is COS(=O)(=O)c1ccc2c(c1)C(C)(C)C(/C=C/C=C/C=C1/N(CCCCCC(=O)NCCCC[C@@H]3NC(=O)CSC[C@@H](C(=O)NCCOCCOCCOCCNC(=O)COCC(N)=O)NC(=O)[C@H](Cc4ccccc4)NC(=O)C(CS)NC(=O)[C@H](CC(=O)O)NC(=O)CNC(=O)[C@H](CCCN)NC(=O)[C@H](CS)NC3=O)c3ccccc3C1(C)C)=[N+]2C. The zero-order valence-corrected chi connectivity index (χ0v) is 73.2. The van der Waals surface area contributed by atoms with Crippen LogP contribution >= 0.6 is 37.0 Å². The Hall–Kier alpha value is -9.78. The fourth-order valence-electron chi connectivity index (χ4n) is 13.6. The molecule has 16 N–H and O–H groups in total. The maximum absolute atomic E-state index is 14.6. The Kier molecular flexibility index (Phi) is 43.0. The van der Waals surface area contributed by atoms with E-state index in [1.165, 1.54) is 5.56 Å². The summed E-state index contributed by atoms with van der Waals surface area (Å²) < 4.78 is 53.5. The molecule has 3 aliphatic rings. The predicted octanol–water partition coefficient (Wildman–Crippen LogP) is 0.0253. The fourth-order valence-corrected chi connectivity index (χ4v) is 15.6. The summed E-state index contributed by atoms with van der Waals surface area (Å²) >= 11 is 9.49. The first kappa shape index (κ1) is 101. The number of amides is 12. The van der Waals surface area contributed by atoms with Gasteiger partial charge in [-0.3, -0.25) is 66.5 Å². The number of benzene rings is 3. The van der Waals surface area contributed by atoms with Gasteiger partial charge in [-0.05, 0) is 101 Å². The van der Waals surface area contributed by atoms with Crippen LogP contribution in [0, 0.1) is 0 Å². The summed E-state index contributed by atoms with van der Waals surface area (Å²) in [5.41, 5.74) is 16.6. The summed E-state index contributed by atoms with van der Waals surface area (Å²) in [6.07, 6.45) is 11.9. The second-order valence-electron chi connectivity index (χ2n) is 29.9. The van der Waals surface area contributed by atoms with E-state index in [1.807, 2.05) is 43.5 Å². The Labute approximate surface area is 726 Å². The lowest BCUT2D eigenvalue weighted by molar-refractivity contribution is -0.401. The molecule has 1 fully saturated rings. The monoisotopic (exact) mass is 1780 g/mol. The van der Waals surface area contributed by atoms with Gasteiger partial charge in [0.05, 0.1) is 75.8 Å². The molecule has 0 spiro atoms. The number of allylic oxidation sites excluding steroid dienone is 6. The molecular formula is C82H118N15O21S4+. The third-order valence-electron chi connectivity index (χ3n) is 20.0. The molecule has 122 heavy (non-hydrogen) atoms. The Morgan fingerprint density at radius 3 is 1.86 bits per heavy atom. The zero-order valence-electron chi connectivity index (χ0n) is 69.7. The van der Waals surface area contributed by atoms with Crippen molar-refractivity contribution in [3.63, 3.8) is 0 Å². The number of hydrogen-bond acceptors (Lipinski definition) is 25. The number of hydrogen-bond donors (Lipinski definition) is 16. The van der Waals surface area contributed by atoms with E-state index in [4.69, 9.17) is 34.6 Å². The average molecular weight is 1780 g/mol. The highest BCUT2D eigenvalue weighted by Gasteiger charge is 2.45. The molecule has 3 aliphatic heterocycles. The Bertz CT molecular complexity index is 4340. The van der Waals surface area contributed by atoms with Crippen LogP contribution in [0.1, 0.15) is 109 Å². The number of nitrogens with two attached hydrogens (primary N) is 2. The van der Waals surface area contributed by atoms with E-state index in [0.29, 0.717) is 24.9 Å². The number of carboxylic acid groups (broad SMARTS) is 1. The summed E-state index contributed by atoms with van der Waals surface area (Å²) in [6, 6.07) is 11.2. The normalized spacial score (nSPS) is 20.6. The number of carbonyl (C=O) groups excluding carboxylic acids is 12. The number of nitrogens with zero attached hydrogens (tertiary/aromatic N) is 2. The van der Waals surface area contributed by atoms with Gasteiger partial charge >= 0.3 is 5.97 Å². The van der Waals surface area contributed by atoms with Crippen molar-refractivity contribution in [3.8, 4) is 0 Å². The third-order valence-corrected chi connectivity index (χ3v) is 23.1. The van der Waals surface area contributed by atoms with Crippen molar-refractivity contribution in [2.24, 2.45) is 11.5 Å². The second-order valence-corrected chi connectivity index (χ2v) is 33.4. The van der Waals surface area contributed by atoms with Gasteiger partial charge < -0.3 is 98.9 Å². The number of rotatable bonds is 42. The molecule has 36 nitrogen and oxygen atoms in total. The van der Waals surface area contributed by atoms with Crippen LogP contribution in [0.5, 0.6) is 0 Å². The largest absolute Gasteiger partial charge is 0.481 e. The number of ether oxygens (including phenoxy) is 4. The molecule has 0 radical (unpaired) electrons. The van der Waals surface area contributed by atoms with Crippen molar-refractivity contribution >= 4 is 141 Å². The van der Waals surface area contributed by atoms with Gasteiger partial charge in [-0.1, -0.05) is 87.0 Å². The van der Waals surface area contributed by atoms with Gasteiger partial charge in [0, 0.05) is 90.8 Å². The molecule has 0 aliphatic carbocycles. The first-order chi connectivity index (χ1) is 58.3. The summed E-state index contributed by atoms with van der Waals surface area (Å²) in [6.45, 7) is 8.64. The quantitative estimate of drug-likeness (QED) is 0.0117. The molecule has 670 valence electrons. The highest BCUT2D eigenvalue weighted by molar-refractivity contribution is 8.00. The smallest absolute Gasteiger partial charge is 0.305 e. The maximum atomic E-state index is 14.6. The van der Waals surface area contributed by atoms with Crippen molar-refractivity contribution in [3.05, 3.63) is 126 Å². The summed E-state index contributed by atoms with van der Waals surface area (Å²) in [5.74, 6) is -12.6. The second kappa shape index (κ2) is 52.0. The van der Waals surface area contributed by atoms with Crippen LogP contribution in [0.25, 0.3) is 0 Å². The van der Waals surface area contributed by atoms with E-state index in [9.17, 15) is 75.9 Å². The molecule has 0 bridgehead atoms. The molecule has 6 rings (SSSR count). The summed E-state index contributed by atoms with van der Waals surface area (Å²) in [4.78, 5) is 177. The minimum atomic E-state index is -3.89. The van der Waals surface area contributed by atoms with Crippen LogP contribution in [0.2, 0.25) is 0 Å². The van der Waals surface area contributed by atoms with Gasteiger partial charge in [0.1, 0.15) is 62.6 Å². The molecule has 40 heteroatoms. The number of thiol groups is 2. The van der Waals surface area contributed by atoms with Crippen LogP contribution < -0.4 is 74.9 Å². The van der Waals surface area contributed by atoms with E-state index in [-0.39, 0.29) is 139 Å². The molecule has 7 atom stereocenters.